The molecular formula is C15H24O4. The van der Waals surface area contributed by atoms with Gasteiger partial charge in [-0.15, -0.1) is 0 Å². The van der Waals surface area contributed by atoms with Crippen molar-refractivity contribution in [3.8, 4) is 0 Å². The molecule has 0 unspecified atom stereocenters. The number of unbranched alkanes of at least 4 members (excludes halogenated alkanes) is 4. The molecule has 0 fully saturated rings. The molecule has 0 saturated carbocycles. The molecule has 0 aromatic rings. The van der Waals surface area contributed by atoms with Crippen molar-refractivity contribution in [1.29, 1.82) is 0 Å². The lowest BCUT2D eigenvalue weighted by atomic mass is 9.98. The van der Waals surface area contributed by atoms with E-state index >= 15 is 0 Å². The summed E-state index contributed by atoms with van der Waals surface area (Å²) in [7, 11) is 0. The molecule has 108 valence electrons. The highest BCUT2D eigenvalue weighted by molar-refractivity contribution is 5.93. The molecule has 0 aliphatic carbocycles. The van der Waals surface area contributed by atoms with Gasteiger partial charge in [-0.05, 0) is 37.8 Å². The first-order chi connectivity index (χ1) is 8.90. The molecule has 4 heteroatoms. The fourth-order valence-electron chi connectivity index (χ4n) is 1.99. The van der Waals surface area contributed by atoms with E-state index < -0.39 is 11.9 Å². The molecule has 0 saturated heterocycles. The molecule has 0 aliphatic rings. The van der Waals surface area contributed by atoms with E-state index in [1.165, 1.54) is 12.8 Å². The van der Waals surface area contributed by atoms with Gasteiger partial charge in [0.1, 0.15) is 0 Å². The number of rotatable bonds is 9. The third-order valence-electron chi connectivity index (χ3n) is 2.96. The van der Waals surface area contributed by atoms with E-state index in [-0.39, 0.29) is 12.0 Å². The molecular weight excluding hydrogens is 244 g/mol. The van der Waals surface area contributed by atoms with Crippen LogP contribution in [0.4, 0.5) is 0 Å². The van der Waals surface area contributed by atoms with E-state index in [1.807, 2.05) is 6.08 Å². The second kappa shape index (κ2) is 9.36. The van der Waals surface area contributed by atoms with E-state index in [1.54, 1.807) is 13.8 Å². The quantitative estimate of drug-likeness (QED) is 0.379. The van der Waals surface area contributed by atoms with Gasteiger partial charge >= 0.3 is 11.9 Å². The van der Waals surface area contributed by atoms with Crippen molar-refractivity contribution < 1.29 is 19.8 Å². The molecule has 0 radical (unpaired) electrons. The van der Waals surface area contributed by atoms with Crippen LogP contribution in [0, 0.1) is 0 Å². The highest BCUT2D eigenvalue weighted by Gasteiger charge is 2.15. The first kappa shape index (κ1) is 17.4. The molecule has 4 nitrogen and oxygen atoms in total. The Morgan fingerprint density at radius 1 is 1.05 bits per heavy atom. The minimum absolute atomic E-state index is 0.137. The third-order valence-corrected chi connectivity index (χ3v) is 2.96. The standard InChI is InChI=1S/C15H24O4/c1-4-5-6-7-8-9-11(2)14(15(18)19)12(3)10-13(16)17/h9H,4-8,10H2,1-3H3,(H,16,17)(H,18,19). The maximum Gasteiger partial charge on any atom is 0.335 e. The Morgan fingerprint density at radius 3 is 2.16 bits per heavy atom. The first-order valence-electron chi connectivity index (χ1n) is 6.72. The van der Waals surface area contributed by atoms with Gasteiger partial charge in [0.05, 0.1) is 12.0 Å². The lowest BCUT2D eigenvalue weighted by Gasteiger charge is -2.07. The SMILES string of the molecule is CCCCCCC=C(C)C(C(=O)O)=C(C)CC(=O)O. The Balaban J connectivity index is 4.75. The van der Waals surface area contributed by atoms with Crippen LogP contribution in [-0.2, 0) is 9.59 Å². The van der Waals surface area contributed by atoms with E-state index in [2.05, 4.69) is 6.92 Å². The van der Waals surface area contributed by atoms with E-state index in [0.29, 0.717) is 11.1 Å². The summed E-state index contributed by atoms with van der Waals surface area (Å²) in [5, 5.41) is 17.9. The highest BCUT2D eigenvalue weighted by atomic mass is 16.4. The molecule has 0 heterocycles. The molecule has 2 N–H and O–H groups in total. The normalized spacial score (nSPS) is 13.1. The van der Waals surface area contributed by atoms with Crippen LogP contribution >= 0.6 is 0 Å². The molecule has 0 rings (SSSR count). The summed E-state index contributed by atoms with van der Waals surface area (Å²) in [6.07, 6.45) is 7.03. The predicted molar refractivity (Wildman–Crippen MR) is 75.1 cm³/mol. The zero-order chi connectivity index (χ0) is 14.8. The van der Waals surface area contributed by atoms with Crippen molar-refractivity contribution in [1.82, 2.24) is 0 Å². The summed E-state index contributed by atoms with van der Waals surface area (Å²) in [5.74, 6) is -2.06. The monoisotopic (exact) mass is 268 g/mol. The van der Waals surface area contributed by atoms with Gasteiger partial charge in [-0.1, -0.05) is 32.3 Å². The lowest BCUT2D eigenvalue weighted by molar-refractivity contribution is -0.136. The zero-order valence-corrected chi connectivity index (χ0v) is 12.0. The number of hydrogen-bond donors (Lipinski definition) is 2. The van der Waals surface area contributed by atoms with Crippen LogP contribution in [0.1, 0.15) is 59.3 Å². The summed E-state index contributed by atoms with van der Waals surface area (Å²) in [6.45, 7) is 5.43. The van der Waals surface area contributed by atoms with Gasteiger partial charge in [0, 0.05) is 0 Å². The molecule has 19 heavy (non-hydrogen) atoms. The summed E-state index contributed by atoms with van der Waals surface area (Å²) in [4.78, 5) is 21.9. The van der Waals surface area contributed by atoms with Gasteiger partial charge in [0.15, 0.2) is 0 Å². The summed E-state index contributed by atoms with van der Waals surface area (Å²) in [6, 6.07) is 0. The Hall–Kier alpha value is -1.58. The Kier molecular flexibility index (Phi) is 8.58. The minimum atomic E-state index is -1.05. The van der Waals surface area contributed by atoms with Crippen molar-refractivity contribution in [2.24, 2.45) is 0 Å². The van der Waals surface area contributed by atoms with E-state index in [9.17, 15) is 14.7 Å². The maximum atomic E-state index is 11.2. The smallest absolute Gasteiger partial charge is 0.335 e. The number of carboxylic acid groups (broad SMARTS) is 2. The molecule has 0 spiro atoms. The summed E-state index contributed by atoms with van der Waals surface area (Å²) < 4.78 is 0. The molecule has 0 atom stereocenters. The fraction of sp³-hybridized carbons (Fsp3) is 0.600. The van der Waals surface area contributed by atoms with Crippen molar-refractivity contribution in [2.45, 2.75) is 59.3 Å². The van der Waals surface area contributed by atoms with Crippen molar-refractivity contribution in [3.63, 3.8) is 0 Å². The lowest BCUT2D eigenvalue weighted by Crippen LogP contribution is -2.07. The second-order valence-corrected chi connectivity index (χ2v) is 4.77. The Labute approximate surface area is 114 Å². The van der Waals surface area contributed by atoms with Crippen LogP contribution in [0.2, 0.25) is 0 Å². The summed E-state index contributed by atoms with van der Waals surface area (Å²) >= 11 is 0. The van der Waals surface area contributed by atoms with Crippen LogP contribution in [0.5, 0.6) is 0 Å². The zero-order valence-electron chi connectivity index (χ0n) is 12.0. The molecule has 0 amide bonds. The summed E-state index contributed by atoms with van der Waals surface area (Å²) in [5.41, 5.74) is 1.18. The topological polar surface area (TPSA) is 74.6 Å². The number of carboxylic acids is 2. The first-order valence-corrected chi connectivity index (χ1v) is 6.72. The number of carbonyl (C=O) groups is 2. The molecule has 0 aliphatic heterocycles. The van der Waals surface area contributed by atoms with Crippen LogP contribution in [-0.4, -0.2) is 22.2 Å². The minimum Gasteiger partial charge on any atom is -0.481 e. The van der Waals surface area contributed by atoms with E-state index in [4.69, 9.17) is 5.11 Å². The van der Waals surface area contributed by atoms with Crippen molar-refractivity contribution in [2.75, 3.05) is 0 Å². The fourth-order valence-corrected chi connectivity index (χ4v) is 1.99. The van der Waals surface area contributed by atoms with Gasteiger partial charge < -0.3 is 10.2 Å². The van der Waals surface area contributed by atoms with Crippen LogP contribution in [0.25, 0.3) is 0 Å². The van der Waals surface area contributed by atoms with Crippen molar-refractivity contribution >= 4 is 11.9 Å². The number of allylic oxidation sites excluding steroid dienone is 1. The van der Waals surface area contributed by atoms with Gasteiger partial charge in [-0.3, -0.25) is 4.79 Å². The highest BCUT2D eigenvalue weighted by Crippen LogP contribution is 2.19. The molecule has 0 bridgehead atoms. The number of hydrogen-bond acceptors (Lipinski definition) is 2. The third kappa shape index (κ3) is 7.44. The average Bonchev–Trinajstić information content (AvgIpc) is 2.27. The molecule has 0 aromatic carbocycles. The largest absolute Gasteiger partial charge is 0.481 e. The Morgan fingerprint density at radius 2 is 1.68 bits per heavy atom. The molecule has 0 aromatic heterocycles. The Bertz CT molecular complexity index is 378. The number of aliphatic carboxylic acids is 2. The van der Waals surface area contributed by atoms with Crippen LogP contribution in [0.3, 0.4) is 0 Å². The maximum absolute atomic E-state index is 11.2. The van der Waals surface area contributed by atoms with Gasteiger partial charge in [-0.25, -0.2) is 4.79 Å². The average molecular weight is 268 g/mol. The second-order valence-electron chi connectivity index (χ2n) is 4.77. The van der Waals surface area contributed by atoms with Crippen molar-refractivity contribution in [3.05, 3.63) is 22.8 Å². The van der Waals surface area contributed by atoms with Crippen LogP contribution in [0.15, 0.2) is 22.8 Å². The van der Waals surface area contributed by atoms with Gasteiger partial charge in [0.25, 0.3) is 0 Å². The van der Waals surface area contributed by atoms with Gasteiger partial charge in [0.2, 0.25) is 0 Å². The van der Waals surface area contributed by atoms with Crippen LogP contribution < -0.4 is 0 Å². The van der Waals surface area contributed by atoms with Gasteiger partial charge in [-0.2, -0.15) is 0 Å². The predicted octanol–water partition coefficient (Wildman–Crippen LogP) is 3.78. The van der Waals surface area contributed by atoms with E-state index in [0.717, 1.165) is 19.3 Å².